The number of ketones is 2. The number of hydrogen-bond acceptors (Lipinski definition) is 3. The molecular formula is C16H11NO2. The fourth-order valence-corrected chi connectivity index (χ4v) is 1.68. The standard InChI is InChI=1S/C16H11NO2/c17-11-14(15(18)12-7-3-1-4-8-12)16(19)13-9-5-2-6-10-13/h1-10,17H. The Morgan fingerprint density at radius 2 is 1.11 bits per heavy atom. The number of carbonyl (C=O) groups excluding carboxylic acids is 2. The molecule has 0 fully saturated rings. The number of hydrogen-bond donors (Lipinski definition) is 1. The minimum Gasteiger partial charge on any atom is -0.288 e. The van der Waals surface area contributed by atoms with Crippen LogP contribution < -0.4 is 0 Å². The maximum absolute atomic E-state index is 12.2. The summed E-state index contributed by atoms with van der Waals surface area (Å²) in [6.07, 6.45) is 0. The number of allylic oxidation sites excluding steroid dienone is 1. The fraction of sp³-hybridized carbons (Fsp3) is 0. The Labute approximate surface area is 110 Å². The van der Waals surface area contributed by atoms with Gasteiger partial charge in [0.25, 0.3) is 0 Å². The van der Waals surface area contributed by atoms with Gasteiger partial charge in [-0.05, 0) is 5.87 Å². The molecule has 0 aromatic heterocycles. The van der Waals surface area contributed by atoms with Gasteiger partial charge in [-0.15, -0.1) is 0 Å². The Hall–Kier alpha value is -2.77. The lowest BCUT2D eigenvalue weighted by Gasteiger charge is -2.03. The largest absolute Gasteiger partial charge is 0.288 e. The maximum atomic E-state index is 12.2. The number of nitrogens with one attached hydrogen (secondary N) is 1. The van der Waals surface area contributed by atoms with Gasteiger partial charge < -0.3 is 0 Å². The summed E-state index contributed by atoms with van der Waals surface area (Å²) in [6.45, 7) is 0. The summed E-state index contributed by atoms with van der Waals surface area (Å²) < 4.78 is 0. The highest BCUT2D eigenvalue weighted by molar-refractivity contribution is 6.35. The van der Waals surface area contributed by atoms with Crippen LogP contribution in [0.25, 0.3) is 0 Å². The van der Waals surface area contributed by atoms with Crippen LogP contribution in [-0.2, 0) is 0 Å². The highest BCUT2D eigenvalue weighted by atomic mass is 16.1. The Morgan fingerprint density at radius 3 is 1.42 bits per heavy atom. The fourth-order valence-electron chi connectivity index (χ4n) is 1.68. The minimum absolute atomic E-state index is 0.252. The highest BCUT2D eigenvalue weighted by Crippen LogP contribution is 2.12. The van der Waals surface area contributed by atoms with Crippen molar-refractivity contribution in [1.29, 1.82) is 5.41 Å². The maximum Gasteiger partial charge on any atom is 0.206 e. The summed E-state index contributed by atoms with van der Waals surface area (Å²) in [6, 6.07) is 16.8. The average Bonchev–Trinajstić information content (AvgIpc) is 2.49. The van der Waals surface area contributed by atoms with Crippen molar-refractivity contribution in [3.63, 3.8) is 0 Å². The molecule has 2 aromatic carbocycles. The van der Waals surface area contributed by atoms with Crippen LogP contribution in [0, 0.1) is 5.41 Å². The molecule has 0 saturated carbocycles. The lowest BCUT2D eigenvalue weighted by molar-refractivity contribution is 0.0965. The quantitative estimate of drug-likeness (QED) is 0.298. The Balaban J connectivity index is 2.35. The molecule has 0 aliphatic carbocycles. The molecule has 0 radical (unpaired) electrons. The van der Waals surface area contributed by atoms with E-state index in [1.165, 1.54) is 0 Å². The predicted octanol–water partition coefficient (Wildman–Crippen LogP) is 2.93. The first kappa shape index (κ1) is 12.7. The Morgan fingerprint density at radius 1 is 0.737 bits per heavy atom. The van der Waals surface area contributed by atoms with E-state index in [0.717, 1.165) is 0 Å². The second kappa shape index (κ2) is 5.71. The number of benzene rings is 2. The Bertz CT molecular complexity index is 600. The van der Waals surface area contributed by atoms with Crippen LogP contribution in [0.5, 0.6) is 0 Å². The van der Waals surface area contributed by atoms with E-state index in [1.54, 1.807) is 60.7 Å². The van der Waals surface area contributed by atoms with Crippen LogP contribution >= 0.6 is 0 Å². The molecule has 0 aliphatic heterocycles. The van der Waals surface area contributed by atoms with Gasteiger partial charge in [0, 0.05) is 11.1 Å². The molecule has 0 saturated heterocycles. The van der Waals surface area contributed by atoms with E-state index in [1.807, 2.05) is 5.87 Å². The van der Waals surface area contributed by atoms with Gasteiger partial charge in [-0.25, -0.2) is 0 Å². The van der Waals surface area contributed by atoms with E-state index in [2.05, 4.69) is 0 Å². The zero-order valence-electron chi connectivity index (χ0n) is 10.1. The van der Waals surface area contributed by atoms with Crippen molar-refractivity contribution in [1.82, 2.24) is 0 Å². The molecule has 2 aromatic rings. The minimum atomic E-state index is -0.482. The third-order valence-corrected chi connectivity index (χ3v) is 2.65. The lowest BCUT2D eigenvalue weighted by atomic mass is 9.97. The lowest BCUT2D eigenvalue weighted by Crippen LogP contribution is -2.14. The molecule has 2 rings (SSSR count). The number of rotatable bonds is 4. The summed E-state index contributed by atoms with van der Waals surface area (Å²) in [5.74, 6) is 1.00. The van der Waals surface area contributed by atoms with Crippen LogP contribution in [0.3, 0.4) is 0 Å². The molecule has 3 nitrogen and oxygen atoms in total. The van der Waals surface area contributed by atoms with E-state index in [0.29, 0.717) is 11.1 Å². The molecule has 0 bridgehead atoms. The van der Waals surface area contributed by atoms with Crippen LogP contribution in [0.4, 0.5) is 0 Å². The average molecular weight is 249 g/mol. The van der Waals surface area contributed by atoms with E-state index in [4.69, 9.17) is 5.41 Å². The monoisotopic (exact) mass is 249 g/mol. The van der Waals surface area contributed by atoms with Crippen LogP contribution in [0.15, 0.2) is 66.2 Å². The normalized spacial score (nSPS) is 9.47. The smallest absolute Gasteiger partial charge is 0.206 e. The topological polar surface area (TPSA) is 58.0 Å². The first-order valence-corrected chi connectivity index (χ1v) is 5.73. The molecule has 0 aliphatic rings. The van der Waals surface area contributed by atoms with Gasteiger partial charge in [-0.2, -0.15) is 0 Å². The zero-order valence-corrected chi connectivity index (χ0v) is 10.1. The molecule has 0 amide bonds. The van der Waals surface area contributed by atoms with Crippen molar-refractivity contribution >= 4 is 17.4 Å². The van der Waals surface area contributed by atoms with E-state index in [9.17, 15) is 9.59 Å². The van der Waals surface area contributed by atoms with Crippen molar-refractivity contribution in [2.45, 2.75) is 0 Å². The molecule has 92 valence electrons. The zero-order chi connectivity index (χ0) is 13.7. The first-order chi connectivity index (χ1) is 9.24. The molecule has 19 heavy (non-hydrogen) atoms. The van der Waals surface area contributed by atoms with Gasteiger partial charge in [0.15, 0.2) is 0 Å². The third kappa shape index (κ3) is 2.73. The summed E-state index contributed by atoms with van der Waals surface area (Å²) in [4.78, 5) is 24.3. The van der Waals surface area contributed by atoms with Crippen molar-refractivity contribution in [3.05, 3.63) is 77.4 Å². The summed E-state index contributed by atoms with van der Waals surface area (Å²) in [5.41, 5.74) is 0.500. The summed E-state index contributed by atoms with van der Waals surface area (Å²) >= 11 is 0. The first-order valence-electron chi connectivity index (χ1n) is 5.73. The molecular weight excluding hydrogens is 238 g/mol. The van der Waals surface area contributed by atoms with Crippen molar-refractivity contribution in [2.75, 3.05) is 0 Å². The third-order valence-electron chi connectivity index (χ3n) is 2.65. The van der Waals surface area contributed by atoms with Gasteiger partial charge in [-0.3, -0.25) is 15.0 Å². The second-order valence-corrected chi connectivity index (χ2v) is 3.89. The summed E-state index contributed by atoms with van der Waals surface area (Å²) in [5, 5.41) is 7.19. The van der Waals surface area contributed by atoms with E-state index < -0.39 is 11.6 Å². The van der Waals surface area contributed by atoms with Gasteiger partial charge in [0.2, 0.25) is 11.6 Å². The molecule has 0 spiro atoms. The number of carbonyl (C=O) groups is 2. The molecule has 1 N–H and O–H groups in total. The summed E-state index contributed by atoms with van der Waals surface area (Å²) in [7, 11) is 0. The molecule has 0 unspecified atom stereocenters. The molecule has 3 heteroatoms. The van der Waals surface area contributed by atoms with Crippen molar-refractivity contribution in [3.8, 4) is 0 Å². The van der Waals surface area contributed by atoms with Crippen LogP contribution in [0.2, 0.25) is 0 Å². The van der Waals surface area contributed by atoms with E-state index >= 15 is 0 Å². The Kier molecular flexibility index (Phi) is 3.81. The van der Waals surface area contributed by atoms with Crippen molar-refractivity contribution in [2.24, 2.45) is 0 Å². The van der Waals surface area contributed by atoms with Gasteiger partial charge >= 0.3 is 0 Å². The SMILES string of the molecule is N=C=C(C(=O)c1ccccc1)C(=O)c1ccccc1. The van der Waals surface area contributed by atoms with E-state index in [-0.39, 0.29) is 5.57 Å². The van der Waals surface area contributed by atoms with Gasteiger partial charge in [0.1, 0.15) is 5.57 Å². The van der Waals surface area contributed by atoms with Crippen molar-refractivity contribution < 1.29 is 9.59 Å². The molecule has 0 atom stereocenters. The predicted molar refractivity (Wildman–Crippen MR) is 72.8 cm³/mol. The van der Waals surface area contributed by atoms with Gasteiger partial charge in [-0.1, -0.05) is 60.7 Å². The number of Topliss-reactive ketones (excluding diaryl/α,β-unsaturated/α-hetero) is 2. The molecule has 0 heterocycles. The highest BCUT2D eigenvalue weighted by Gasteiger charge is 2.21. The van der Waals surface area contributed by atoms with Crippen LogP contribution in [-0.4, -0.2) is 17.4 Å². The van der Waals surface area contributed by atoms with Gasteiger partial charge in [0.05, 0.1) is 0 Å². The van der Waals surface area contributed by atoms with Crippen LogP contribution in [0.1, 0.15) is 20.7 Å². The second-order valence-electron chi connectivity index (χ2n) is 3.89.